The van der Waals surface area contributed by atoms with Crippen LogP contribution in [0.15, 0.2) is 42.7 Å². The number of carbonyl (C=O) groups excluding carboxylic acids is 1. The van der Waals surface area contributed by atoms with Crippen LogP contribution >= 0.6 is 0 Å². The predicted molar refractivity (Wildman–Crippen MR) is 63.4 cm³/mol. The second-order valence-corrected chi connectivity index (χ2v) is 3.94. The molecule has 0 aliphatic heterocycles. The minimum absolute atomic E-state index is 0.147. The van der Waals surface area contributed by atoms with E-state index in [2.05, 4.69) is 4.98 Å². The van der Waals surface area contributed by atoms with Gasteiger partial charge in [0.1, 0.15) is 5.82 Å². The Bertz CT molecular complexity index is 537. The molecule has 2 aromatic rings. The molecule has 3 heteroatoms. The highest BCUT2D eigenvalue weighted by Crippen LogP contribution is 2.13. The fourth-order valence-corrected chi connectivity index (χ4v) is 1.64. The van der Waals surface area contributed by atoms with Gasteiger partial charge in [-0.15, -0.1) is 0 Å². The molecule has 0 saturated carbocycles. The summed E-state index contributed by atoms with van der Waals surface area (Å²) in [6.07, 6.45) is 3.43. The first-order chi connectivity index (χ1) is 8.16. The molecule has 2 rings (SSSR count). The minimum atomic E-state index is -0.468. The van der Waals surface area contributed by atoms with E-state index in [-0.39, 0.29) is 17.8 Å². The van der Waals surface area contributed by atoms with Gasteiger partial charge in [-0.25, -0.2) is 4.39 Å². The first kappa shape index (κ1) is 11.5. The van der Waals surface area contributed by atoms with Crippen LogP contribution in [0.3, 0.4) is 0 Å². The van der Waals surface area contributed by atoms with Crippen LogP contribution in [0.5, 0.6) is 0 Å². The van der Waals surface area contributed by atoms with Gasteiger partial charge < -0.3 is 0 Å². The van der Waals surface area contributed by atoms with E-state index < -0.39 is 5.82 Å². The second kappa shape index (κ2) is 4.87. The zero-order chi connectivity index (χ0) is 12.3. The Labute approximate surface area is 99.1 Å². The Hall–Kier alpha value is -2.03. The third kappa shape index (κ3) is 2.75. The van der Waals surface area contributed by atoms with Crippen LogP contribution in [0.4, 0.5) is 4.39 Å². The highest BCUT2D eigenvalue weighted by atomic mass is 19.1. The summed E-state index contributed by atoms with van der Waals surface area (Å²) in [7, 11) is 0. The predicted octanol–water partition coefficient (Wildman–Crippen LogP) is 2.95. The zero-order valence-corrected chi connectivity index (χ0v) is 9.48. The number of pyridine rings is 1. The van der Waals surface area contributed by atoms with Crippen molar-refractivity contribution in [3.8, 4) is 0 Å². The summed E-state index contributed by atoms with van der Waals surface area (Å²) >= 11 is 0. The van der Waals surface area contributed by atoms with E-state index in [1.807, 2.05) is 6.92 Å². The van der Waals surface area contributed by atoms with Crippen molar-refractivity contribution in [1.82, 2.24) is 4.98 Å². The number of hydrogen-bond acceptors (Lipinski definition) is 2. The molecule has 1 aromatic heterocycles. The Morgan fingerprint density at radius 1 is 1.35 bits per heavy atom. The largest absolute Gasteiger partial charge is 0.294 e. The van der Waals surface area contributed by atoms with Crippen molar-refractivity contribution in [3.05, 3.63) is 65.2 Å². The van der Waals surface area contributed by atoms with Crippen LogP contribution in [-0.2, 0) is 6.42 Å². The highest BCUT2D eigenvalue weighted by molar-refractivity contribution is 5.97. The van der Waals surface area contributed by atoms with Crippen LogP contribution in [0.1, 0.15) is 21.5 Å². The van der Waals surface area contributed by atoms with E-state index in [9.17, 15) is 9.18 Å². The maximum absolute atomic E-state index is 13.5. The molecule has 1 aromatic carbocycles. The van der Waals surface area contributed by atoms with Gasteiger partial charge in [-0.2, -0.15) is 0 Å². The molecular formula is C14H12FNO. The number of nitrogens with zero attached hydrogens (tertiary/aromatic N) is 1. The van der Waals surface area contributed by atoms with Gasteiger partial charge in [0.2, 0.25) is 0 Å². The van der Waals surface area contributed by atoms with Gasteiger partial charge >= 0.3 is 0 Å². The first-order valence-electron chi connectivity index (χ1n) is 5.35. The molecule has 0 fully saturated rings. The normalized spacial score (nSPS) is 10.2. The van der Waals surface area contributed by atoms with Crippen molar-refractivity contribution in [2.75, 3.05) is 0 Å². The summed E-state index contributed by atoms with van der Waals surface area (Å²) in [5.41, 5.74) is 1.81. The molecule has 1 heterocycles. The molecule has 0 atom stereocenters. The molecule has 0 aliphatic carbocycles. The highest BCUT2D eigenvalue weighted by Gasteiger charge is 2.12. The van der Waals surface area contributed by atoms with E-state index in [4.69, 9.17) is 0 Å². The maximum Gasteiger partial charge on any atom is 0.170 e. The van der Waals surface area contributed by atoms with Crippen molar-refractivity contribution < 1.29 is 9.18 Å². The quantitative estimate of drug-likeness (QED) is 0.757. The van der Waals surface area contributed by atoms with Gasteiger partial charge in [0.25, 0.3) is 0 Å². The van der Waals surface area contributed by atoms with E-state index in [0.717, 1.165) is 11.1 Å². The average Bonchev–Trinajstić information content (AvgIpc) is 2.33. The first-order valence-corrected chi connectivity index (χ1v) is 5.35. The number of aryl methyl sites for hydroxylation is 1. The molecule has 17 heavy (non-hydrogen) atoms. The van der Waals surface area contributed by atoms with Gasteiger partial charge in [-0.1, -0.05) is 17.7 Å². The van der Waals surface area contributed by atoms with Crippen LogP contribution in [-0.4, -0.2) is 10.8 Å². The lowest BCUT2D eigenvalue weighted by molar-refractivity contribution is 0.0989. The Morgan fingerprint density at radius 3 is 2.88 bits per heavy atom. The van der Waals surface area contributed by atoms with E-state index in [1.165, 1.54) is 6.07 Å². The molecule has 0 unspecified atom stereocenters. The van der Waals surface area contributed by atoms with Gasteiger partial charge in [0.15, 0.2) is 5.78 Å². The lowest BCUT2D eigenvalue weighted by Gasteiger charge is -2.03. The standard InChI is InChI=1S/C14H12FNO/c1-10-4-5-13(15)12(7-10)14(17)8-11-3-2-6-16-9-11/h2-7,9H,8H2,1H3. The van der Waals surface area contributed by atoms with Gasteiger partial charge in [0.05, 0.1) is 5.56 Å². The molecule has 86 valence electrons. The third-order valence-corrected chi connectivity index (χ3v) is 2.51. The fourth-order valence-electron chi connectivity index (χ4n) is 1.64. The second-order valence-electron chi connectivity index (χ2n) is 3.94. The van der Waals surface area contributed by atoms with Gasteiger partial charge in [-0.3, -0.25) is 9.78 Å². The maximum atomic E-state index is 13.5. The molecule has 0 spiro atoms. The lowest BCUT2D eigenvalue weighted by atomic mass is 10.0. The molecule has 2 nitrogen and oxygen atoms in total. The number of rotatable bonds is 3. The number of benzene rings is 1. The van der Waals surface area contributed by atoms with Crippen LogP contribution in [0, 0.1) is 12.7 Å². The topological polar surface area (TPSA) is 30.0 Å². The SMILES string of the molecule is Cc1ccc(F)c(C(=O)Cc2cccnc2)c1. The summed E-state index contributed by atoms with van der Waals surface area (Å²) in [6, 6.07) is 8.11. The molecule has 0 bridgehead atoms. The number of Topliss-reactive ketones (excluding diaryl/α,β-unsaturated/α-hetero) is 1. The molecule has 0 saturated heterocycles. The molecular weight excluding hydrogens is 217 g/mol. The van der Waals surface area contributed by atoms with Crippen molar-refractivity contribution >= 4 is 5.78 Å². The average molecular weight is 229 g/mol. The third-order valence-electron chi connectivity index (χ3n) is 2.51. The minimum Gasteiger partial charge on any atom is -0.294 e. The van der Waals surface area contributed by atoms with Crippen LogP contribution in [0.2, 0.25) is 0 Å². The van der Waals surface area contributed by atoms with Crippen molar-refractivity contribution in [2.24, 2.45) is 0 Å². The van der Waals surface area contributed by atoms with E-state index in [1.54, 1.807) is 36.7 Å². The molecule has 0 N–H and O–H groups in total. The Kier molecular flexibility index (Phi) is 3.28. The molecule has 0 radical (unpaired) electrons. The monoisotopic (exact) mass is 229 g/mol. The number of aromatic nitrogens is 1. The summed E-state index contributed by atoms with van der Waals surface area (Å²) in [4.78, 5) is 15.8. The van der Waals surface area contributed by atoms with Crippen molar-refractivity contribution in [2.45, 2.75) is 13.3 Å². The number of halogens is 1. The van der Waals surface area contributed by atoms with E-state index in [0.29, 0.717) is 0 Å². The summed E-state index contributed by atoms with van der Waals surface area (Å²) in [5.74, 6) is -0.691. The van der Waals surface area contributed by atoms with E-state index >= 15 is 0 Å². The Morgan fingerprint density at radius 2 is 2.18 bits per heavy atom. The zero-order valence-electron chi connectivity index (χ0n) is 9.48. The lowest BCUT2D eigenvalue weighted by Crippen LogP contribution is -2.06. The number of carbonyl (C=O) groups is 1. The van der Waals surface area contributed by atoms with Crippen molar-refractivity contribution in [3.63, 3.8) is 0 Å². The van der Waals surface area contributed by atoms with Crippen LogP contribution < -0.4 is 0 Å². The summed E-state index contributed by atoms with van der Waals surface area (Å²) in [5, 5.41) is 0. The molecule has 0 aliphatic rings. The number of ketones is 1. The number of hydrogen-bond donors (Lipinski definition) is 0. The van der Waals surface area contributed by atoms with Crippen LogP contribution in [0.25, 0.3) is 0 Å². The smallest absolute Gasteiger partial charge is 0.170 e. The Balaban J connectivity index is 2.23. The van der Waals surface area contributed by atoms with Gasteiger partial charge in [0, 0.05) is 18.8 Å². The molecule has 0 amide bonds. The van der Waals surface area contributed by atoms with Gasteiger partial charge in [-0.05, 0) is 30.7 Å². The summed E-state index contributed by atoms with van der Waals surface area (Å²) in [6.45, 7) is 1.83. The fraction of sp³-hybridized carbons (Fsp3) is 0.143. The van der Waals surface area contributed by atoms with Crippen molar-refractivity contribution in [1.29, 1.82) is 0 Å². The summed E-state index contributed by atoms with van der Waals surface area (Å²) < 4.78 is 13.5.